The van der Waals surface area contributed by atoms with Crippen molar-refractivity contribution in [3.63, 3.8) is 0 Å². The first kappa shape index (κ1) is 11.5. The van der Waals surface area contributed by atoms with Crippen LogP contribution in [0.4, 0.5) is 0 Å². The van der Waals surface area contributed by atoms with E-state index in [9.17, 15) is 0 Å². The molecule has 1 aromatic rings. The van der Waals surface area contributed by atoms with Crippen LogP contribution in [0.5, 0.6) is 0 Å². The first-order chi connectivity index (χ1) is 6.70. The molecule has 3 nitrogen and oxygen atoms in total. The summed E-state index contributed by atoms with van der Waals surface area (Å²) < 4.78 is 1.02. The molecule has 0 bridgehead atoms. The highest BCUT2D eigenvalue weighted by Gasteiger charge is 2.22. The van der Waals surface area contributed by atoms with Gasteiger partial charge in [-0.15, -0.1) is 11.3 Å². The molecule has 0 saturated carbocycles. The van der Waals surface area contributed by atoms with Gasteiger partial charge in [0.2, 0.25) is 0 Å². The molecule has 0 radical (unpaired) electrons. The molecule has 0 aromatic carbocycles. The van der Waals surface area contributed by atoms with Crippen LogP contribution in [0.2, 0.25) is 0 Å². The van der Waals surface area contributed by atoms with Crippen molar-refractivity contribution in [3.8, 4) is 6.07 Å². The zero-order valence-electron chi connectivity index (χ0n) is 8.28. The third-order valence-electron chi connectivity index (χ3n) is 1.71. The van der Waals surface area contributed by atoms with Gasteiger partial charge in [0.05, 0.1) is 6.07 Å². The van der Waals surface area contributed by atoms with Crippen LogP contribution in [0, 0.1) is 11.3 Å². The van der Waals surface area contributed by atoms with Crippen molar-refractivity contribution in [2.24, 2.45) is 0 Å². The van der Waals surface area contributed by atoms with Crippen molar-refractivity contribution in [1.29, 1.82) is 5.26 Å². The molecule has 0 spiro atoms. The number of rotatable bonds is 5. The zero-order chi connectivity index (χ0) is 10.4. The smallest absolute Gasteiger partial charge is 0.149 e. The first-order valence-corrected chi connectivity index (χ1v) is 6.25. The SMILES string of the molecule is CCNC(C)(C#N)CSc1nccs1. The molecule has 0 aliphatic heterocycles. The fourth-order valence-corrected chi connectivity index (χ4v) is 2.69. The highest BCUT2D eigenvalue weighted by molar-refractivity contribution is 8.01. The third kappa shape index (κ3) is 3.29. The number of nitrogens with zero attached hydrogens (tertiary/aromatic N) is 2. The van der Waals surface area contributed by atoms with Crippen LogP contribution in [0.15, 0.2) is 15.9 Å². The molecule has 1 rings (SSSR count). The van der Waals surface area contributed by atoms with Crippen molar-refractivity contribution in [2.45, 2.75) is 23.7 Å². The molecular formula is C9H13N3S2. The highest BCUT2D eigenvalue weighted by atomic mass is 32.2. The summed E-state index contributed by atoms with van der Waals surface area (Å²) in [5.74, 6) is 0.727. The van der Waals surface area contributed by atoms with Crippen LogP contribution < -0.4 is 5.32 Å². The maximum absolute atomic E-state index is 9.00. The number of thioether (sulfide) groups is 1. The van der Waals surface area contributed by atoms with E-state index in [4.69, 9.17) is 5.26 Å². The minimum atomic E-state index is -0.453. The fraction of sp³-hybridized carbons (Fsp3) is 0.556. The Morgan fingerprint density at radius 1 is 1.79 bits per heavy atom. The largest absolute Gasteiger partial charge is 0.299 e. The Kier molecular flexibility index (Phi) is 4.39. The van der Waals surface area contributed by atoms with Gasteiger partial charge in [0.15, 0.2) is 0 Å². The van der Waals surface area contributed by atoms with Gasteiger partial charge in [-0.3, -0.25) is 5.32 Å². The number of nitriles is 1. The summed E-state index contributed by atoms with van der Waals surface area (Å²) in [7, 11) is 0. The van der Waals surface area contributed by atoms with E-state index in [1.165, 1.54) is 0 Å². The van der Waals surface area contributed by atoms with Crippen molar-refractivity contribution in [1.82, 2.24) is 10.3 Å². The Labute approximate surface area is 92.5 Å². The molecule has 76 valence electrons. The van der Waals surface area contributed by atoms with Gasteiger partial charge in [0, 0.05) is 17.3 Å². The molecule has 1 atom stereocenters. The number of nitrogens with one attached hydrogen (secondary N) is 1. The van der Waals surface area contributed by atoms with Crippen molar-refractivity contribution in [2.75, 3.05) is 12.3 Å². The summed E-state index contributed by atoms with van der Waals surface area (Å²) in [6.45, 7) is 4.73. The van der Waals surface area contributed by atoms with Crippen LogP contribution in [0.3, 0.4) is 0 Å². The van der Waals surface area contributed by atoms with Crippen LogP contribution in [-0.2, 0) is 0 Å². The van der Waals surface area contributed by atoms with Gasteiger partial charge in [-0.2, -0.15) is 5.26 Å². The number of aromatic nitrogens is 1. The second-order valence-electron chi connectivity index (χ2n) is 3.06. The molecule has 1 N–H and O–H groups in total. The van der Waals surface area contributed by atoms with Gasteiger partial charge >= 0.3 is 0 Å². The second kappa shape index (κ2) is 5.35. The van der Waals surface area contributed by atoms with Gasteiger partial charge in [0.25, 0.3) is 0 Å². The molecule has 1 unspecified atom stereocenters. The number of thiazole rings is 1. The minimum absolute atomic E-state index is 0.453. The average molecular weight is 227 g/mol. The quantitative estimate of drug-likeness (QED) is 0.783. The van der Waals surface area contributed by atoms with Crippen LogP contribution >= 0.6 is 23.1 Å². The lowest BCUT2D eigenvalue weighted by atomic mass is 10.1. The van der Waals surface area contributed by atoms with Gasteiger partial charge in [-0.25, -0.2) is 4.98 Å². The number of hydrogen-bond donors (Lipinski definition) is 1. The molecule has 1 heterocycles. The van der Waals surface area contributed by atoms with Crippen LogP contribution in [0.1, 0.15) is 13.8 Å². The zero-order valence-corrected chi connectivity index (χ0v) is 9.91. The minimum Gasteiger partial charge on any atom is -0.299 e. The molecule has 0 saturated heterocycles. The standard InChI is InChI=1S/C9H13N3S2/c1-3-12-9(2,6-10)7-14-8-11-4-5-13-8/h4-5,12H,3,7H2,1-2H3. The van der Waals surface area contributed by atoms with E-state index in [1.54, 1.807) is 29.3 Å². The van der Waals surface area contributed by atoms with E-state index in [0.717, 1.165) is 16.6 Å². The first-order valence-electron chi connectivity index (χ1n) is 4.39. The van der Waals surface area contributed by atoms with E-state index in [-0.39, 0.29) is 0 Å². The third-order valence-corrected chi connectivity index (χ3v) is 3.99. The predicted octanol–water partition coefficient (Wildman–Crippen LogP) is 2.13. The van der Waals surface area contributed by atoms with E-state index in [1.807, 2.05) is 19.2 Å². The van der Waals surface area contributed by atoms with Crippen LogP contribution in [0.25, 0.3) is 0 Å². The topological polar surface area (TPSA) is 48.7 Å². The van der Waals surface area contributed by atoms with Crippen molar-refractivity contribution >= 4 is 23.1 Å². The lowest BCUT2D eigenvalue weighted by Crippen LogP contribution is -2.43. The lowest BCUT2D eigenvalue weighted by molar-refractivity contribution is 0.511. The molecule has 0 fully saturated rings. The monoisotopic (exact) mass is 227 g/mol. The Balaban J connectivity index is 2.46. The molecule has 14 heavy (non-hydrogen) atoms. The molecule has 0 aliphatic rings. The van der Waals surface area contributed by atoms with Gasteiger partial charge in [-0.05, 0) is 13.5 Å². The van der Waals surface area contributed by atoms with Gasteiger partial charge < -0.3 is 0 Å². The van der Waals surface area contributed by atoms with E-state index < -0.39 is 5.54 Å². The summed E-state index contributed by atoms with van der Waals surface area (Å²) in [6, 6.07) is 2.29. The Hall–Kier alpha value is -0.570. The van der Waals surface area contributed by atoms with Gasteiger partial charge in [0.1, 0.15) is 9.88 Å². The van der Waals surface area contributed by atoms with E-state index >= 15 is 0 Å². The van der Waals surface area contributed by atoms with E-state index in [2.05, 4.69) is 16.4 Å². The summed E-state index contributed by atoms with van der Waals surface area (Å²) in [5, 5.41) is 14.1. The van der Waals surface area contributed by atoms with Crippen molar-refractivity contribution < 1.29 is 0 Å². The maximum Gasteiger partial charge on any atom is 0.149 e. The Morgan fingerprint density at radius 2 is 2.57 bits per heavy atom. The van der Waals surface area contributed by atoms with Gasteiger partial charge in [-0.1, -0.05) is 18.7 Å². The molecule has 1 aromatic heterocycles. The fourth-order valence-electron chi connectivity index (χ4n) is 1.00. The maximum atomic E-state index is 9.00. The summed E-state index contributed by atoms with van der Waals surface area (Å²) in [5.41, 5.74) is -0.453. The normalized spacial score (nSPS) is 14.6. The predicted molar refractivity (Wildman–Crippen MR) is 60.5 cm³/mol. The summed E-state index contributed by atoms with van der Waals surface area (Å²) >= 11 is 3.23. The Bertz CT molecular complexity index is 304. The summed E-state index contributed by atoms with van der Waals surface area (Å²) in [4.78, 5) is 4.16. The van der Waals surface area contributed by atoms with E-state index in [0.29, 0.717) is 0 Å². The molecule has 0 aliphatic carbocycles. The molecule has 0 amide bonds. The van der Waals surface area contributed by atoms with Crippen LogP contribution in [-0.4, -0.2) is 22.8 Å². The summed E-state index contributed by atoms with van der Waals surface area (Å²) in [6.07, 6.45) is 1.78. The molecule has 5 heteroatoms. The average Bonchev–Trinajstić information content (AvgIpc) is 2.68. The highest BCUT2D eigenvalue weighted by Crippen LogP contribution is 2.23. The number of hydrogen-bond acceptors (Lipinski definition) is 5. The Morgan fingerprint density at radius 3 is 3.07 bits per heavy atom. The van der Waals surface area contributed by atoms with Crippen molar-refractivity contribution in [3.05, 3.63) is 11.6 Å². The second-order valence-corrected chi connectivity index (χ2v) is 5.18. The lowest BCUT2D eigenvalue weighted by Gasteiger charge is -2.20. The molecular weight excluding hydrogens is 214 g/mol.